The molecule has 0 unspecified atom stereocenters. The molecule has 0 saturated heterocycles. The Morgan fingerprint density at radius 2 is 2.35 bits per heavy atom. The number of rotatable bonds is 6. The molecule has 0 saturated carbocycles. The molecule has 0 spiro atoms. The van der Waals surface area contributed by atoms with Crippen LogP contribution in [0.1, 0.15) is 24.5 Å². The molecule has 2 rings (SSSR count). The van der Waals surface area contributed by atoms with Crippen molar-refractivity contribution in [2.75, 3.05) is 13.2 Å². The molecule has 5 heteroatoms. The predicted molar refractivity (Wildman–Crippen MR) is 81.1 cm³/mol. The van der Waals surface area contributed by atoms with Crippen molar-refractivity contribution in [3.8, 4) is 5.75 Å². The molecule has 4 nitrogen and oxygen atoms in total. The van der Waals surface area contributed by atoms with Crippen LogP contribution in [0, 0.1) is 0 Å². The largest absolute Gasteiger partial charge is 0.493 e. The number of nitrogens with one attached hydrogen (secondary N) is 1. The van der Waals surface area contributed by atoms with Gasteiger partial charge in [0.25, 0.3) is 0 Å². The van der Waals surface area contributed by atoms with Gasteiger partial charge in [-0.05, 0) is 24.1 Å². The zero-order valence-electron chi connectivity index (χ0n) is 11.4. The molecule has 0 aliphatic carbocycles. The summed E-state index contributed by atoms with van der Waals surface area (Å²) in [6, 6.07) is 4.13. The zero-order chi connectivity index (χ0) is 14.5. The van der Waals surface area contributed by atoms with E-state index in [4.69, 9.17) is 9.84 Å². The van der Waals surface area contributed by atoms with Gasteiger partial charge in [-0.2, -0.15) is 0 Å². The summed E-state index contributed by atoms with van der Waals surface area (Å²) in [5, 5.41) is 12.2. The van der Waals surface area contributed by atoms with E-state index < -0.39 is 5.97 Å². The average Bonchev–Trinajstić information content (AvgIpc) is 2.86. The molecule has 108 valence electrons. The summed E-state index contributed by atoms with van der Waals surface area (Å²) in [6.07, 6.45) is 3.20. The summed E-state index contributed by atoms with van der Waals surface area (Å²) in [6.45, 7) is 3.78. The van der Waals surface area contributed by atoms with E-state index >= 15 is 0 Å². The smallest absolute Gasteiger partial charge is 0.331 e. The number of benzene rings is 1. The molecule has 0 aromatic heterocycles. The van der Waals surface area contributed by atoms with Crippen molar-refractivity contribution in [3.63, 3.8) is 0 Å². The van der Waals surface area contributed by atoms with Gasteiger partial charge in [0.05, 0.1) is 6.61 Å². The number of aliphatic carboxylic acids is 1. The third kappa shape index (κ3) is 3.61. The number of hydrogen-bond acceptors (Lipinski definition) is 3. The quantitative estimate of drug-likeness (QED) is 0.618. The second-order valence-corrected chi connectivity index (χ2v) is 5.59. The van der Waals surface area contributed by atoms with Crippen LogP contribution in [0.25, 0.3) is 0 Å². The Morgan fingerprint density at radius 1 is 1.55 bits per heavy atom. The summed E-state index contributed by atoms with van der Waals surface area (Å²) >= 11 is 3.51. The highest BCUT2D eigenvalue weighted by atomic mass is 79.9. The molecule has 0 atom stereocenters. The fourth-order valence-electron chi connectivity index (χ4n) is 2.26. The topological polar surface area (TPSA) is 58.6 Å². The fraction of sp³-hybridized carbons (Fsp3) is 0.400. The molecule has 0 radical (unpaired) electrons. The number of carbonyl (C=O) groups is 1. The van der Waals surface area contributed by atoms with Gasteiger partial charge in [0, 0.05) is 35.1 Å². The first kappa shape index (κ1) is 15.1. The van der Waals surface area contributed by atoms with Crippen molar-refractivity contribution >= 4 is 21.9 Å². The van der Waals surface area contributed by atoms with E-state index in [1.54, 1.807) is 6.08 Å². The number of fused-ring (bicyclic) bond motifs is 1. The van der Waals surface area contributed by atoms with Crippen LogP contribution in [0.2, 0.25) is 0 Å². The second-order valence-electron chi connectivity index (χ2n) is 4.67. The molecule has 0 bridgehead atoms. The third-order valence-electron chi connectivity index (χ3n) is 3.29. The molecule has 1 aromatic carbocycles. The molecule has 20 heavy (non-hydrogen) atoms. The number of hydrogen-bond donors (Lipinski definition) is 2. The van der Waals surface area contributed by atoms with Crippen LogP contribution in [0.15, 0.2) is 28.3 Å². The van der Waals surface area contributed by atoms with Crippen molar-refractivity contribution in [2.24, 2.45) is 0 Å². The normalized spacial score (nSPS) is 14.0. The van der Waals surface area contributed by atoms with Crippen LogP contribution in [0.5, 0.6) is 5.75 Å². The lowest BCUT2D eigenvalue weighted by Gasteiger charge is -2.09. The lowest BCUT2D eigenvalue weighted by atomic mass is 10.1. The van der Waals surface area contributed by atoms with E-state index in [-0.39, 0.29) is 0 Å². The van der Waals surface area contributed by atoms with Gasteiger partial charge in [-0.1, -0.05) is 28.9 Å². The summed E-state index contributed by atoms with van der Waals surface area (Å²) in [7, 11) is 0. The first-order valence-corrected chi connectivity index (χ1v) is 7.48. The van der Waals surface area contributed by atoms with E-state index in [2.05, 4.69) is 27.3 Å². The van der Waals surface area contributed by atoms with Crippen molar-refractivity contribution in [1.29, 1.82) is 0 Å². The Hall–Kier alpha value is -1.33. The molecule has 1 heterocycles. The summed E-state index contributed by atoms with van der Waals surface area (Å²) in [5.41, 5.74) is 2.77. The minimum Gasteiger partial charge on any atom is -0.493 e. The van der Waals surface area contributed by atoms with Crippen molar-refractivity contribution in [3.05, 3.63) is 39.4 Å². The van der Waals surface area contributed by atoms with Gasteiger partial charge >= 0.3 is 5.97 Å². The maximum Gasteiger partial charge on any atom is 0.331 e. The SMILES string of the molecule is CC/C(=C/CNCc1cc(Br)cc2c1OCC2)C(=O)O. The van der Waals surface area contributed by atoms with Gasteiger partial charge in [-0.3, -0.25) is 0 Å². The Balaban J connectivity index is 1.97. The number of carboxylic acids is 1. The molecule has 1 aromatic rings. The molecule has 1 aliphatic rings. The van der Waals surface area contributed by atoms with Gasteiger partial charge in [-0.25, -0.2) is 4.79 Å². The minimum atomic E-state index is -0.846. The number of halogens is 1. The van der Waals surface area contributed by atoms with Gasteiger partial charge in [-0.15, -0.1) is 0 Å². The van der Waals surface area contributed by atoms with Crippen LogP contribution in [-0.4, -0.2) is 24.2 Å². The van der Waals surface area contributed by atoms with E-state index in [1.807, 2.05) is 13.0 Å². The highest BCUT2D eigenvalue weighted by Gasteiger charge is 2.16. The minimum absolute atomic E-state index is 0.438. The summed E-state index contributed by atoms with van der Waals surface area (Å²) in [5.74, 6) is 0.125. The average molecular weight is 340 g/mol. The maximum atomic E-state index is 10.9. The number of carboxylic acid groups (broad SMARTS) is 1. The lowest BCUT2D eigenvalue weighted by Crippen LogP contribution is -2.15. The second kappa shape index (κ2) is 6.90. The van der Waals surface area contributed by atoms with E-state index in [0.717, 1.165) is 28.8 Å². The van der Waals surface area contributed by atoms with Crippen LogP contribution in [-0.2, 0) is 17.8 Å². The van der Waals surface area contributed by atoms with Crippen molar-refractivity contribution in [2.45, 2.75) is 26.3 Å². The Labute approximate surface area is 127 Å². The first-order valence-electron chi connectivity index (χ1n) is 6.69. The molecular weight excluding hydrogens is 322 g/mol. The van der Waals surface area contributed by atoms with Crippen LogP contribution < -0.4 is 10.1 Å². The first-order chi connectivity index (χ1) is 9.61. The van der Waals surface area contributed by atoms with E-state index in [0.29, 0.717) is 25.1 Å². The van der Waals surface area contributed by atoms with Crippen molar-refractivity contribution < 1.29 is 14.6 Å². The van der Waals surface area contributed by atoms with E-state index in [1.165, 1.54) is 5.56 Å². The van der Waals surface area contributed by atoms with Gasteiger partial charge in [0.1, 0.15) is 5.75 Å². The Morgan fingerprint density at radius 3 is 3.05 bits per heavy atom. The predicted octanol–water partition coefficient (Wildman–Crippen LogP) is 2.89. The van der Waals surface area contributed by atoms with Gasteiger partial charge < -0.3 is 15.2 Å². The number of ether oxygens (including phenoxy) is 1. The van der Waals surface area contributed by atoms with Crippen LogP contribution >= 0.6 is 15.9 Å². The zero-order valence-corrected chi connectivity index (χ0v) is 13.0. The lowest BCUT2D eigenvalue weighted by molar-refractivity contribution is -0.132. The van der Waals surface area contributed by atoms with Gasteiger partial charge in [0.15, 0.2) is 0 Å². The maximum absolute atomic E-state index is 10.9. The summed E-state index contributed by atoms with van der Waals surface area (Å²) < 4.78 is 6.70. The molecule has 1 aliphatic heterocycles. The monoisotopic (exact) mass is 339 g/mol. The van der Waals surface area contributed by atoms with Gasteiger partial charge in [0.2, 0.25) is 0 Å². The highest BCUT2D eigenvalue weighted by molar-refractivity contribution is 9.10. The Kier molecular flexibility index (Phi) is 5.20. The molecule has 2 N–H and O–H groups in total. The van der Waals surface area contributed by atoms with Crippen LogP contribution in [0.3, 0.4) is 0 Å². The van der Waals surface area contributed by atoms with Crippen LogP contribution in [0.4, 0.5) is 0 Å². The van der Waals surface area contributed by atoms with Crippen molar-refractivity contribution in [1.82, 2.24) is 5.32 Å². The highest BCUT2D eigenvalue weighted by Crippen LogP contribution is 2.32. The Bertz CT molecular complexity index is 540. The third-order valence-corrected chi connectivity index (χ3v) is 3.75. The fourth-order valence-corrected chi connectivity index (χ4v) is 2.82. The summed E-state index contributed by atoms with van der Waals surface area (Å²) in [4.78, 5) is 10.9. The molecule has 0 fully saturated rings. The molecule has 0 amide bonds. The van der Waals surface area contributed by atoms with E-state index in [9.17, 15) is 4.79 Å². The standard InChI is InChI=1S/C15H18BrNO3/c1-2-10(15(18)19)3-5-17-9-12-8-13(16)7-11-4-6-20-14(11)12/h3,7-8,17H,2,4-6,9H2,1H3,(H,18,19)/b10-3-. The molecular formula is C15H18BrNO3.